The lowest BCUT2D eigenvalue weighted by Gasteiger charge is -2.22. The number of hydrogen-bond acceptors (Lipinski definition) is 0. The molecular weight excluding hydrogens is 284 g/mol. The Morgan fingerprint density at radius 3 is 2.44 bits per heavy atom. The lowest BCUT2D eigenvalue weighted by molar-refractivity contribution is 0.501. The summed E-state index contributed by atoms with van der Waals surface area (Å²) in [7, 11) is 0. The van der Waals surface area contributed by atoms with Gasteiger partial charge in [-0.1, -0.05) is 53.2 Å². The van der Waals surface area contributed by atoms with E-state index < -0.39 is 0 Å². The van der Waals surface area contributed by atoms with Crippen molar-refractivity contribution < 1.29 is 0 Å². The van der Waals surface area contributed by atoms with Gasteiger partial charge in [0.2, 0.25) is 0 Å². The average molecular weight is 301 g/mol. The molecule has 1 aliphatic rings. The van der Waals surface area contributed by atoms with E-state index >= 15 is 0 Å². The highest BCUT2D eigenvalue weighted by Crippen LogP contribution is 2.30. The van der Waals surface area contributed by atoms with Gasteiger partial charge in [-0.2, -0.15) is 0 Å². The number of halogens is 1. The molecule has 1 heteroatoms. The number of hydrogen-bond donors (Lipinski definition) is 0. The van der Waals surface area contributed by atoms with Gasteiger partial charge >= 0.3 is 0 Å². The van der Waals surface area contributed by atoms with Crippen LogP contribution < -0.4 is 0 Å². The first-order chi connectivity index (χ1) is 8.72. The fourth-order valence-electron chi connectivity index (χ4n) is 2.76. The second kappa shape index (κ2) is 4.89. The van der Waals surface area contributed by atoms with Crippen molar-refractivity contribution in [1.82, 2.24) is 0 Å². The van der Waals surface area contributed by atoms with Crippen molar-refractivity contribution in [2.24, 2.45) is 5.92 Å². The summed E-state index contributed by atoms with van der Waals surface area (Å²) in [6.07, 6.45) is 3.81. The summed E-state index contributed by atoms with van der Waals surface area (Å²) in [5.74, 6) is 0.844. The van der Waals surface area contributed by atoms with Crippen LogP contribution in [0.5, 0.6) is 0 Å². The predicted octanol–water partition coefficient (Wildman–Crippen LogP) is 5.24. The Labute approximate surface area is 117 Å². The van der Waals surface area contributed by atoms with E-state index in [0.29, 0.717) is 0 Å². The molecule has 92 valence electrons. The van der Waals surface area contributed by atoms with Gasteiger partial charge in [-0.3, -0.25) is 0 Å². The molecule has 18 heavy (non-hydrogen) atoms. The Morgan fingerprint density at radius 2 is 1.67 bits per heavy atom. The van der Waals surface area contributed by atoms with Gasteiger partial charge < -0.3 is 0 Å². The molecule has 3 rings (SSSR count). The molecule has 2 aromatic rings. The smallest absolute Gasteiger partial charge is 0.0175 e. The van der Waals surface area contributed by atoms with Crippen molar-refractivity contribution in [2.45, 2.75) is 26.2 Å². The summed E-state index contributed by atoms with van der Waals surface area (Å²) in [6, 6.07) is 15.5. The van der Waals surface area contributed by atoms with Crippen LogP contribution in [0.3, 0.4) is 0 Å². The minimum Gasteiger partial charge on any atom is -0.0622 e. The van der Waals surface area contributed by atoms with E-state index in [1.807, 2.05) is 0 Å². The molecule has 0 saturated heterocycles. The number of benzene rings is 2. The molecule has 0 spiro atoms. The maximum absolute atomic E-state index is 3.48. The van der Waals surface area contributed by atoms with Gasteiger partial charge in [-0.15, -0.1) is 0 Å². The summed E-state index contributed by atoms with van der Waals surface area (Å²) in [5, 5.41) is 0. The van der Waals surface area contributed by atoms with Crippen LogP contribution in [0.2, 0.25) is 0 Å². The van der Waals surface area contributed by atoms with Crippen molar-refractivity contribution >= 4 is 15.9 Å². The molecule has 0 aromatic heterocycles. The van der Waals surface area contributed by atoms with Crippen molar-refractivity contribution in [1.29, 1.82) is 0 Å². The minimum atomic E-state index is 0.844. The number of aryl methyl sites for hydroxylation is 1. The molecule has 0 aliphatic heterocycles. The summed E-state index contributed by atoms with van der Waals surface area (Å²) >= 11 is 3.48. The molecule has 0 bridgehead atoms. The van der Waals surface area contributed by atoms with Gasteiger partial charge in [-0.25, -0.2) is 0 Å². The molecule has 0 N–H and O–H groups in total. The van der Waals surface area contributed by atoms with Crippen LogP contribution in [0.4, 0.5) is 0 Å². The third-order valence-corrected chi connectivity index (χ3v) is 4.39. The molecule has 0 radical (unpaired) electrons. The number of fused-ring (bicyclic) bond motifs is 1. The van der Waals surface area contributed by atoms with E-state index in [1.54, 1.807) is 11.1 Å². The highest BCUT2D eigenvalue weighted by Gasteiger charge is 2.15. The van der Waals surface area contributed by atoms with E-state index in [4.69, 9.17) is 0 Å². The normalized spacial score (nSPS) is 18.4. The SMILES string of the molecule is CC1CCc2cc(-c3ccc(Br)cc3)ccc2C1. The molecule has 1 aliphatic carbocycles. The zero-order valence-corrected chi connectivity index (χ0v) is 12.2. The lowest BCUT2D eigenvalue weighted by atomic mass is 9.83. The van der Waals surface area contributed by atoms with Crippen LogP contribution >= 0.6 is 15.9 Å². The van der Waals surface area contributed by atoms with E-state index in [0.717, 1.165) is 10.4 Å². The van der Waals surface area contributed by atoms with Crippen LogP contribution in [0.1, 0.15) is 24.5 Å². The van der Waals surface area contributed by atoms with Gasteiger partial charge in [0.15, 0.2) is 0 Å². The Kier molecular flexibility index (Phi) is 3.25. The molecule has 0 heterocycles. The molecular formula is C17H17Br. The Balaban J connectivity index is 1.97. The standard InChI is InChI=1S/C17H17Br/c1-12-2-3-16-11-15(5-4-14(16)10-12)13-6-8-17(18)9-7-13/h4-9,11-12H,2-3,10H2,1H3. The molecule has 2 aromatic carbocycles. The van der Waals surface area contributed by atoms with Crippen LogP contribution in [-0.2, 0) is 12.8 Å². The molecule has 0 nitrogen and oxygen atoms in total. The van der Waals surface area contributed by atoms with Crippen LogP contribution in [0.15, 0.2) is 46.9 Å². The monoisotopic (exact) mass is 300 g/mol. The van der Waals surface area contributed by atoms with Crippen molar-refractivity contribution in [3.05, 3.63) is 58.1 Å². The second-order valence-corrected chi connectivity index (χ2v) is 6.25. The fourth-order valence-corrected chi connectivity index (χ4v) is 3.02. The van der Waals surface area contributed by atoms with Gasteiger partial charge in [0.05, 0.1) is 0 Å². The van der Waals surface area contributed by atoms with Crippen LogP contribution in [0.25, 0.3) is 11.1 Å². The molecule has 0 fully saturated rings. The summed E-state index contributed by atoms with van der Waals surface area (Å²) in [6.45, 7) is 2.35. The molecule has 0 saturated carbocycles. The zero-order valence-electron chi connectivity index (χ0n) is 10.6. The summed E-state index contributed by atoms with van der Waals surface area (Å²) in [4.78, 5) is 0. The fraction of sp³-hybridized carbons (Fsp3) is 0.294. The first kappa shape index (κ1) is 12.0. The van der Waals surface area contributed by atoms with Crippen LogP contribution in [0, 0.1) is 5.92 Å². The molecule has 1 atom stereocenters. The Morgan fingerprint density at radius 1 is 0.944 bits per heavy atom. The minimum absolute atomic E-state index is 0.844. The van der Waals surface area contributed by atoms with Gasteiger partial charge in [-0.05, 0) is 59.6 Å². The summed E-state index contributed by atoms with van der Waals surface area (Å²) < 4.78 is 1.14. The van der Waals surface area contributed by atoms with Crippen LogP contribution in [-0.4, -0.2) is 0 Å². The largest absolute Gasteiger partial charge is 0.0622 e. The maximum Gasteiger partial charge on any atom is 0.0175 e. The topological polar surface area (TPSA) is 0 Å². The van der Waals surface area contributed by atoms with E-state index in [9.17, 15) is 0 Å². The third-order valence-electron chi connectivity index (χ3n) is 3.86. The second-order valence-electron chi connectivity index (χ2n) is 5.34. The molecule has 1 unspecified atom stereocenters. The first-order valence-corrected chi connectivity index (χ1v) is 7.39. The van der Waals surface area contributed by atoms with E-state index in [1.165, 1.54) is 30.4 Å². The highest BCUT2D eigenvalue weighted by molar-refractivity contribution is 9.10. The van der Waals surface area contributed by atoms with E-state index in [-0.39, 0.29) is 0 Å². The van der Waals surface area contributed by atoms with Crippen molar-refractivity contribution in [2.75, 3.05) is 0 Å². The van der Waals surface area contributed by atoms with Gasteiger partial charge in [0.1, 0.15) is 0 Å². The first-order valence-electron chi connectivity index (χ1n) is 6.60. The zero-order chi connectivity index (χ0) is 12.5. The maximum atomic E-state index is 3.48. The lowest BCUT2D eigenvalue weighted by Crippen LogP contribution is -2.11. The Hall–Kier alpha value is -1.08. The van der Waals surface area contributed by atoms with E-state index in [2.05, 4.69) is 65.3 Å². The predicted molar refractivity (Wildman–Crippen MR) is 80.8 cm³/mol. The highest BCUT2D eigenvalue weighted by atomic mass is 79.9. The quantitative estimate of drug-likeness (QED) is 0.675. The van der Waals surface area contributed by atoms with Gasteiger partial charge in [0.25, 0.3) is 0 Å². The summed E-state index contributed by atoms with van der Waals surface area (Å²) in [5.41, 5.74) is 5.75. The number of rotatable bonds is 1. The van der Waals surface area contributed by atoms with Crippen molar-refractivity contribution in [3.8, 4) is 11.1 Å². The average Bonchev–Trinajstić information content (AvgIpc) is 2.39. The molecule has 0 amide bonds. The Bertz CT molecular complexity index is 554. The van der Waals surface area contributed by atoms with Gasteiger partial charge in [0, 0.05) is 4.47 Å². The third kappa shape index (κ3) is 2.37. The van der Waals surface area contributed by atoms with Crippen molar-refractivity contribution in [3.63, 3.8) is 0 Å².